The lowest BCUT2D eigenvalue weighted by Crippen LogP contribution is -2.42. The summed E-state index contributed by atoms with van der Waals surface area (Å²) in [6, 6.07) is 24.9. The maximum Gasteiger partial charge on any atom is 0.446 e. The number of halogens is 5. The molecule has 4 aromatic carbocycles. The molecule has 0 bridgehead atoms. The third-order valence-corrected chi connectivity index (χ3v) is 8.04. The van der Waals surface area contributed by atoms with Gasteiger partial charge in [-0.05, 0) is 83.8 Å². The number of thioether (sulfide) groups is 1. The number of ether oxygens (including phenoxy) is 1. The normalized spacial score (nSPS) is 11.8. The highest BCUT2D eigenvalue weighted by Crippen LogP contribution is 2.36. The fourth-order valence-corrected chi connectivity index (χ4v) is 5.45. The summed E-state index contributed by atoms with van der Waals surface area (Å²) in [5, 5.41) is 6.27. The number of carbonyl (C=O) groups is 3. The van der Waals surface area contributed by atoms with Gasteiger partial charge in [0.2, 0.25) is 0 Å². The van der Waals surface area contributed by atoms with E-state index >= 15 is 0 Å². The number of nitrogens with one attached hydrogen (secondary N) is 2. The first-order chi connectivity index (χ1) is 22.4. The summed E-state index contributed by atoms with van der Waals surface area (Å²) < 4.78 is 44.1. The summed E-state index contributed by atoms with van der Waals surface area (Å²) in [6.45, 7) is -0.0436. The number of aryl methyl sites for hydroxylation is 2. The minimum Gasteiger partial charge on any atom is -0.459 e. The second kappa shape index (κ2) is 16.1. The molecule has 0 fully saturated rings. The van der Waals surface area contributed by atoms with E-state index in [1.165, 1.54) is 22.9 Å². The van der Waals surface area contributed by atoms with Crippen molar-refractivity contribution < 1.29 is 32.3 Å². The molecular formula is C34H29Cl2F3N4O4S. The van der Waals surface area contributed by atoms with Crippen LogP contribution in [0.1, 0.15) is 21.5 Å². The van der Waals surface area contributed by atoms with E-state index in [-0.39, 0.29) is 41.4 Å². The Morgan fingerprint density at radius 3 is 2.10 bits per heavy atom. The van der Waals surface area contributed by atoms with Crippen LogP contribution in [0.2, 0.25) is 5.02 Å². The van der Waals surface area contributed by atoms with E-state index in [1.54, 1.807) is 66.7 Å². The molecule has 5 rings (SSSR count). The van der Waals surface area contributed by atoms with Crippen LogP contribution in [0, 0.1) is 0 Å². The van der Waals surface area contributed by atoms with Gasteiger partial charge in [-0.2, -0.15) is 13.2 Å². The molecule has 0 radical (unpaired) electrons. The zero-order chi connectivity index (χ0) is 33.6. The maximum absolute atomic E-state index is 13.3. The Balaban J connectivity index is 0.00000520. The third kappa shape index (κ3) is 9.77. The third-order valence-electron chi connectivity index (χ3n) is 7.07. The number of nitrogens with zero attached hydrogens (tertiary/aromatic N) is 1. The van der Waals surface area contributed by atoms with Crippen molar-refractivity contribution in [2.24, 2.45) is 5.73 Å². The summed E-state index contributed by atoms with van der Waals surface area (Å²) >= 11 is 6.06. The number of fused-ring (bicyclic) bond motifs is 1. The standard InChI is InChI=1S/C34H28ClF3N4O4S.ClH/c35-24-12-17-29-27(18-24)28(19-42(29)31(43)30(39)32(44)46-20-23-4-2-1-3-5-23)41-33(45)40-25-13-8-21(9-14-25)6-7-22-10-15-26(16-11-22)47-34(36,37)38;/h1-5,8-19,30H,6-7,20,39H2,(H2,40,41,45);1H. The van der Waals surface area contributed by atoms with Gasteiger partial charge in [0.1, 0.15) is 6.61 Å². The van der Waals surface area contributed by atoms with E-state index < -0.39 is 29.5 Å². The van der Waals surface area contributed by atoms with E-state index in [2.05, 4.69) is 10.6 Å². The van der Waals surface area contributed by atoms with Gasteiger partial charge >= 0.3 is 17.5 Å². The van der Waals surface area contributed by atoms with Crippen LogP contribution in [0.4, 0.5) is 29.3 Å². The molecule has 14 heteroatoms. The number of anilines is 2. The average Bonchev–Trinajstić information content (AvgIpc) is 3.39. The first-order valence-corrected chi connectivity index (χ1v) is 15.5. The second-order valence-corrected chi connectivity index (χ2v) is 12.0. The number of carbonyl (C=O) groups excluding carboxylic acids is 3. The number of nitrogens with two attached hydrogens (primary N) is 1. The van der Waals surface area contributed by atoms with Crippen molar-refractivity contribution >= 4 is 76.0 Å². The zero-order valence-electron chi connectivity index (χ0n) is 25.0. The number of rotatable bonds is 10. The molecule has 0 aliphatic heterocycles. The van der Waals surface area contributed by atoms with Crippen LogP contribution in [0.25, 0.3) is 10.9 Å². The van der Waals surface area contributed by atoms with Crippen LogP contribution in [0.3, 0.4) is 0 Å². The molecule has 0 saturated heterocycles. The quantitative estimate of drug-likeness (QED) is 0.0759. The minimum absolute atomic E-state index is 0. The summed E-state index contributed by atoms with van der Waals surface area (Å²) in [5.74, 6) is -1.65. The number of benzene rings is 4. The van der Waals surface area contributed by atoms with E-state index in [0.717, 1.165) is 16.7 Å². The summed E-state index contributed by atoms with van der Waals surface area (Å²) in [5.41, 5.74) is 5.40. The van der Waals surface area contributed by atoms with Crippen LogP contribution >= 0.6 is 35.8 Å². The Morgan fingerprint density at radius 2 is 1.48 bits per heavy atom. The van der Waals surface area contributed by atoms with Crippen LogP contribution in [-0.4, -0.2) is 34.0 Å². The smallest absolute Gasteiger partial charge is 0.446 e. The topological polar surface area (TPSA) is 115 Å². The first-order valence-electron chi connectivity index (χ1n) is 14.3. The molecule has 1 heterocycles. The molecule has 0 aliphatic carbocycles. The van der Waals surface area contributed by atoms with Gasteiger partial charge in [-0.25, -0.2) is 9.59 Å². The van der Waals surface area contributed by atoms with Crippen LogP contribution in [0.15, 0.2) is 108 Å². The highest BCUT2D eigenvalue weighted by Gasteiger charge is 2.29. The number of urea groups is 1. The molecule has 4 N–H and O–H groups in total. The van der Waals surface area contributed by atoms with Crippen molar-refractivity contribution in [2.75, 3.05) is 10.6 Å². The summed E-state index contributed by atoms with van der Waals surface area (Å²) in [4.78, 5) is 38.9. The van der Waals surface area contributed by atoms with Crippen molar-refractivity contribution in [3.8, 4) is 0 Å². The Hall–Kier alpha value is -4.49. The molecule has 0 saturated carbocycles. The van der Waals surface area contributed by atoms with Gasteiger partial charge in [-0.15, -0.1) is 12.4 Å². The Bertz CT molecular complexity index is 1890. The van der Waals surface area contributed by atoms with Gasteiger partial charge in [-0.3, -0.25) is 9.36 Å². The number of alkyl halides is 3. The summed E-state index contributed by atoms with van der Waals surface area (Å²) in [6.07, 6.45) is 2.64. The van der Waals surface area contributed by atoms with Crippen molar-refractivity contribution in [2.45, 2.75) is 35.9 Å². The zero-order valence-corrected chi connectivity index (χ0v) is 27.4. The highest BCUT2D eigenvalue weighted by atomic mass is 35.5. The molecule has 1 unspecified atom stereocenters. The maximum atomic E-state index is 13.3. The molecule has 48 heavy (non-hydrogen) atoms. The molecule has 0 aliphatic rings. The molecule has 2 amide bonds. The van der Waals surface area contributed by atoms with E-state index in [4.69, 9.17) is 22.1 Å². The molecule has 1 aromatic heterocycles. The predicted molar refractivity (Wildman–Crippen MR) is 184 cm³/mol. The molecular weight excluding hydrogens is 688 g/mol. The first kappa shape index (κ1) is 36.3. The molecule has 8 nitrogen and oxygen atoms in total. The van der Waals surface area contributed by atoms with Gasteiger partial charge in [-0.1, -0.05) is 66.2 Å². The van der Waals surface area contributed by atoms with E-state index in [0.29, 0.717) is 34.5 Å². The van der Waals surface area contributed by atoms with Gasteiger partial charge in [0.25, 0.3) is 5.91 Å². The number of hydrogen-bond donors (Lipinski definition) is 3. The fourth-order valence-electron chi connectivity index (χ4n) is 4.74. The van der Waals surface area contributed by atoms with Crippen LogP contribution in [0.5, 0.6) is 0 Å². The Labute approximate surface area is 289 Å². The number of amides is 2. The number of hydrogen-bond acceptors (Lipinski definition) is 6. The summed E-state index contributed by atoms with van der Waals surface area (Å²) in [7, 11) is 0. The van der Waals surface area contributed by atoms with Gasteiger partial charge < -0.3 is 21.1 Å². The largest absolute Gasteiger partial charge is 0.459 e. The monoisotopic (exact) mass is 716 g/mol. The van der Waals surface area contributed by atoms with E-state index in [1.807, 2.05) is 18.2 Å². The lowest BCUT2D eigenvalue weighted by molar-refractivity contribution is -0.145. The molecule has 1 atom stereocenters. The van der Waals surface area contributed by atoms with Crippen molar-refractivity contribution in [3.05, 3.63) is 125 Å². The Morgan fingerprint density at radius 1 is 0.854 bits per heavy atom. The lowest BCUT2D eigenvalue weighted by Gasteiger charge is -2.12. The minimum atomic E-state index is -4.33. The molecule has 250 valence electrons. The number of aromatic nitrogens is 1. The second-order valence-electron chi connectivity index (χ2n) is 10.5. The molecule has 5 aromatic rings. The van der Waals surface area contributed by atoms with Crippen molar-refractivity contribution in [1.29, 1.82) is 0 Å². The highest BCUT2D eigenvalue weighted by molar-refractivity contribution is 8.00. The van der Waals surface area contributed by atoms with Crippen molar-refractivity contribution in [1.82, 2.24) is 4.57 Å². The van der Waals surface area contributed by atoms with Gasteiger partial charge in [0, 0.05) is 27.2 Å². The van der Waals surface area contributed by atoms with Crippen LogP contribution in [-0.2, 0) is 29.0 Å². The Kier molecular flexibility index (Phi) is 12.2. The predicted octanol–water partition coefficient (Wildman–Crippen LogP) is 8.47. The fraction of sp³-hybridized carbons (Fsp3) is 0.147. The van der Waals surface area contributed by atoms with E-state index in [9.17, 15) is 27.6 Å². The van der Waals surface area contributed by atoms with Gasteiger partial charge in [0.15, 0.2) is 6.04 Å². The van der Waals surface area contributed by atoms with Crippen molar-refractivity contribution in [3.63, 3.8) is 0 Å². The average molecular weight is 718 g/mol. The SMILES string of the molecule is Cl.NC(C(=O)OCc1ccccc1)C(=O)n1cc(NC(=O)Nc2ccc(CCc3ccc(SC(F)(F)F)cc3)cc2)c2cc(Cl)ccc21. The number of esters is 1. The molecule has 0 spiro atoms. The van der Waals surface area contributed by atoms with Gasteiger partial charge in [0.05, 0.1) is 11.2 Å². The lowest BCUT2D eigenvalue weighted by atomic mass is 10.0. The van der Waals surface area contributed by atoms with Crippen LogP contribution < -0.4 is 16.4 Å².